The van der Waals surface area contributed by atoms with Crippen molar-refractivity contribution >= 4 is 38.4 Å². The Kier molecular flexibility index (Phi) is 5.15. The minimum Gasteiger partial charge on any atom is -0.347 e. The van der Waals surface area contributed by atoms with Crippen LogP contribution in [0, 0.1) is 18.7 Å². The molecule has 0 aliphatic carbocycles. The number of carbonyl (C=O) groups is 1. The highest BCUT2D eigenvalue weighted by molar-refractivity contribution is 7.22. The molecule has 1 fully saturated rings. The quantitative estimate of drug-likeness (QED) is 0.501. The minimum atomic E-state index is -0.421. The van der Waals surface area contributed by atoms with Crippen LogP contribution < -0.4 is 10.2 Å². The molecule has 0 saturated carbocycles. The number of carbonyl (C=O) groups excluding carboxylic acids is 1. The van der Waals surface area contributed by atoms with E-state index in [4.69, 9.17) is 4.98 Å². The van der Waals surface area contributed by atoms with Crippen LogP contribution in [0.25, 0.3) is 16.0 Å². The van der Waals surface area contributed by atoms with Crippen molar-refractivity contribution in [3.8, 4) is 5.69 Å². The van der Waals surface area contributed by atoms with Gasteiger partial charge >= 0.3 is 0 Å². The first-order chi connectivity index (χ1) is 15.1. The number of nitrogens with one attached hydrogen (secondary N) is 1. The van der Waals surface area contributed by atoms with Crippen LogP contribution >= 0.6 is 11.3 Å². The van der Waals surface area contributed by atoms with Crippen molar-refractivity contribution in [2.24, 2.45) is 5.92 Å². The number of benzene rings is 2. The molecule has 5 rings (SSSR count). The summed E-state index contributed by atoms with van der Waals surface area (Å²) in [5.74, 6) is -0.787. The monoisotopic (exact) mass is 435 g/mol. The molecule has 1 amide bonds. The molecule has 158 valence electrons. The van der Waals surface area contributed by atoms with Crippen LogP contribution in [0.3, 0.4) is 0 Å². The van der Waals surface area contributed by atoms with Crippen molar-refractivity contribution in [2.75, 3.05) is 23.3 Å². The van der Waals surface area contributed by atoms with Crippen molar-refractivity contribution in [2.45, 2.75) is 19.8 Å². The van der Waals surface area contributed by atoms with Crippen molar-refractivity contribution in [1.82, 2.24) is 14.8 Å². The lowest BCUT2D eigenvalue weighted by Crippen LogP contribution is -2.40. The number of aromatic nitrogens is 3. The van der Waals surface area contributed by atoms with E-state index in [0.29, 0.717) is 6.54 Å². The molecule has 2 aromatic carbocycles. The average Bonchev–Trinajstić information content (AvgIpc) is 3.37. The van der Waals surface area contributed by atoms with Crippen molar-refractivity contribution < 1.29 is 9.18 Å². The van der Waals surface area contributed by atoms with Crippen molar-refractivity contribution in [3.05, 3.63) is 66.1 Å². The number of hydrogen-bond acceptors (Lipinski definition) is 5. The molecule has 3 heterocycles. The van der Waals surface area contributed by atoms with E-state index in [1.807, 2.05) is 41.9 Å². The number of rotatable bonds is 4. The summed E-state index contributed by atoms with van der Waals surface area (Å²) in [6.45, 7) is 3.40. The molecule has 1 saturated heterocycles. The Hall–Kier alpha value is -3.26. The molecule has 1 N–H and O–H groups in total. The van der Waals surface area contributed by atoms with Crippen LogP contribution in [0.2, 0.25) is 0 Å². The summed E-state index contributed by atoms with van der Waals surface area (Å²) < 4.78 is 16.8. The van der Waals surface area contributed by atoms with Gasteiger partial charge in [-0.2, -0.15) is 10.1 Å². The number of anilines is 2. The van der Waals surface area contributed by atoms with Crippen LogP contribution in [-0.2, 0) is 4.79 Å². The van der Waals surface area contributed by atoms with Crippen LogP contribution in [-0.4, -0.2) is 33.8 Å². The van der Waals surface area contributed by atoms with Crippen LogP contribution in [0.1, 0.15) is 18.5 Å². The maximum Gasteiger partial charge on any atom is 0.229 e. The summed E-state index contributed by atoms with van der Waals surface area (Å²) in [7, 11) is 0. The van der Waals surface area contributed by atoms with E-state index < -0.39 is 5.82 Å². The summed E-state index contributed by atoms with van der Waals surface area (Å²) in [6.07, 6.45) is 1.66. The van der Waals surface area contributed by atoms with E-state index in [1.54, 1.807) is 29.5 Å². The zero-order valence-corrected chi connectivity index (χ0v) is 17.9. The van der Waals surface area contributed by atoms with Gasteiger partial charge in [0.15, 0.2) is 10.8 Å². The number of piperidine rings is 1. The van der Waals surface area contributed by atoms with Gasteiger partial charge in [-0.3, -0.25) is 4.79 Å². The summed E-state index contributed by atoms with van der Waals surface area (Å²) in [5, 5.41) is 8.28. The topological polar surface area (TPSA) is 63.1 Å². The highest BCUT2D eigenvalue weighted by Crippen LogP contribution is 2.34. The Balaban J connectivity index is 1.38. The van der Waals surface area contributed by atoms with E-state index in [2.05, 4.69) is 15.3 Å². The molecule has 0 radical (unpaired) electrons. The lowest BCUT2D eigenvalue weighted by atomic mass is 9.97. The van der Waals surface area contributed by atoms with Crippen LogP contribution in [0.4, 0.5) is 15.2 Å². The number of thiazole rings is 1. The third kappa shape index (κ3) is 3.79. The molecule has 0 unspecified atom stereocenters. The first kappa shape index (κ1) is 19.7. The molecule has 8 heteroatoms. The van der Waals surface area contributed by atoms with Gasteiger partial charge in [-0.25, -0.2) is 9.07 Å². The lowest BCUT2D eigenvalue weighted by molar-refractivity contribution is -0.120. The standard InChI is InChI=1S/C23H22FN5OS/c1-15-20-21(29(27-15)17-9-3-2-4-10-17)26-23(31-20)28-13-7-8-16(14-28)22(30)25-19-12-6-5-11-18(19)24/h2-6,9-12,16H,7-8,13-14H2,1H3,(H,25,30)/t16-/m0/s1. The molecular weight excluding hydrogens is 413 g/mol. The second-order valence-corrected chi connectivity index (χ2v) is 8.71. The summed E-state index contributed by atoms with van der Waals surface area (Å²) in [5.41, 5.74) is 2.97. The van der Waals surface area contributed by atoms with Gasteiger partial charge in [0.25, 0.3) is 0 Å². The number of para-hydroxylation sites is 2. The first-order valence-electron chi connectivity index (χ1n) is 10.3. The van der Waals surface area contributed by atoms with Gasteiger partial charge < -0.3 is 10.2 Å². The van der Waals surface area contributed by atoms with E-state index in [1.165, 1.54) is 6.07 Å². The zero-order chi connectivity index (χ0) is 21.4. The van der Waals surface area contributed by atoms with Crippen molar-refractivity contribution in [3.63, 3.8) is 0 Å². The summed E-state index contributed by atoms with van der Waals surface area (Å²) in [6, 6.07) is 16.2. The Morgan fingerprint density at radius 3 is 2.74 bits per heavy atom. The Bertz CT molecular complexity index is 1240. The average molecular weight is 436 g/mol. The van der Waals surface area contributed by atoms with Crippen LogP contribution in [0.5, 0.6) is 0 Å². The fraction of sp³-hybridized carbons (Fsp3) is 0.261. The predicted molar refractivity (Wildman–Crippen MR) is 121 cm³/mol. The number of nitrogens with zero attached hydrogens (tertiary/aromatic N) is 4. The fourth-order valence-electron chi connectivity index (χ4n) is 3.97. The van der Waals surface area contributed by atoms with Gasteiger partial charge in [0, 0.05) is 13.1 Å². The van der Waals surface area contributed by atoms with E-state index in [0.717, 1.165) is 46.2 Å². The molecule has 2 aromatic heterocycles. The van der Waals surface area contributed by atoms with Gasteiger partial charge in [0.1, 0.15) is 5.82 Å². The molecule has 1 atom stereocenters. The SMILES string of the molecule is Cc1nn(-c2ccccc2)c2nc(N3CCC[C@H](C(=O)Nc4ccccc4F)C3)sc12. The van der Waals surface area contributed by atoms with Crippen LogP contribution in [0.15, 0.2) is 54.6 Å². The zero-order valence-electron chi connectivity index (χ0n) is 17.1. The highest BCUT2D eigenvalue weighted by Gasteiger charge is 2.29. The Labute approximate surface area is 183 Å². The van der Waals surface area contributed by atoms with Gasteiger partial charge in [0.05, 0.1) is 27.7 Å². The van der Waals surface area contributed by atoms with Gasteiger partial charge in [-0.15, -0.1) is 0 Å². The molecule has 0 spiro atoms. The number of aryl methyl sites for hydroxylation is 1. The predicted octanol–water partition coefficient (Wildman–Crippen LogP) is 4.78. The fourth-order valence-corrected chi connectivity index (χ4v) is 4.99. The largest absolute Gasteiger partial charge is 0.347 e. The maximum atomic E-state index is 13.9. The molecule has 1 aliphatic rings. The molecule has 4 aromatic rings. The number of hydrogen-bond donors (Lipinski definition) is 1. The maximum absolute atomic E-state index is 13.9. The second-order valence-electron chi connectivity index (χ2n) is 7.74. The van der Waals surface area contributed by atoms with E-state index >= 15 is 0 Å². The molecular formula is C23H22FN5OS. The highest BCUT2D eigenvalue weighted by atomic mass is 32.1. The molecule has 31 heavy (non-hydrogen) atoms. The third-order valence-corrected chi connectivity index (χ3v) is 6.79. The van der Waals surface area contributed by atoms with Crippen molar-refractivity contribution in [1.29, 1.82) is 0 Å². The number of fused-ring (bicyclic) bond motifs is 1. The Morgan fingerprint density at radius 1 is 1.16 bits per heavy atom. The summed E-state index contributed by atoms with van der Waals surface area (Å²) in [4.78, 5) is 19.8. The Morgan fingerprint density at radius 2 is 1.94 bits per heavy atom. The lowest BCUT2D eigenvalue weighted by Gasteiger charge is -2.31. The van der Waals surface area contributed by atoms with Gasteiger partial charge in [-0.1, -0.05) is 41.7 Å². The number of halogens is 1. The first-order valence-corrected chi connectivity index (χ1v) is 11.1. The molecule has 1 aliphatic heterocycles. The summed E-state index contributed by atoms with van der Waals surface area (Å²) >= 11 is 1.61. The smallest absolute Gasteiger partial charge is 0.229 e. The number of amides is 1. The third-order valence-electron chi connectivity index (χ3n) is 5.57. The minimum absolute atomic E-state index is 0.150. The van der Waals surface area contributed by atoms with Gasteiger partial charge in [0.2, 0.25) is 5.91 Å². The molecule has 0 bridgehead atoms. The van der Waals surface area contributed by atoms with Gasteiger partial charge in [-0.05, 0) is 44.0 Å². The normalized spacial score (nSPS) is 16.6. The molecule has 6 nitrogen and oxygen atoms in total. The second kappa shape index (κ2) is 8.11. The van der Waals surface area contributed by atoms with E-state index in [-0.39, 0.29) is 17.5 Å². The van der Waals surface area contributed by atoms with E-state index in [9.17, 15) is 9.18 Å².